The van der Waals surface area contributed by atoms with Gasteiger partial charge in [-0.2, -0.15) is 8.42 Å². The van der Waals surface area contributed by atoms with Gasteiger partial charge in [-0.25, -0.2) is 3.97 Å². The van der Waals surface area contributed by atoms with E-state index in [4.69, 9.17) is 5.11 Å². The summed E-state index contributed by atoms with van der Waals surface area (Å²) in [6.45, 7) is 3.85. The van der Waals surface area contributed by atoms with Crippen molar-refractivity contribution >= 4 is 21.2 Å². The van der Waals surface area contributed by atoms with Crippen molar-refractivity contribution in [3.05, 3.63) is 35.5 Å². The number of aliphatic hydroxyl groups excluding tert-OH is 1. The van der Waals surface area contributed by atoms with E-state index < -0.39 is 10.3 Å². The summed E-state index contributed by atoms with van der Waals surface area (Å²) in [5.74, 6) is 0.126. The average molecular weight is 283 g/mol. The van der Waals surface area contributed by atoms with E-state index in [0.717, 1.165) is 14.9 Å². The standard InChI is InChI=1S/C13H17NO4S/c1-9(2)11-4-3-5-12-10(6-7-15)8-14(13(11)12)19(16,17)18/h3-5,8-9,15H,6-7H2,1-2H3,(H,16,17,18). The summed E-state index contributed by atoms with van der Waals surface area (Å²) in [6, 6.07) is 5.50. The number of hydrogen-bond acceptors (Lipinski definition) is 3. The molecule has 0 bridgehead atoms. The second-order valence-corrected chi connectivity index (χ2v) is 6.09. The maximum Gasteiger partial charge on any atom is 0.363 e. The number of para-hydroxylation sites is 1. The van der Waals surface area contributed by atoms with Crippen molar-refractivity contribution in [2.75, 3.05) is 6.61 Å². The summed E-state index contributed by atoms with van der Waals surface area (Å²) in [6.07, 6.45) is 1.72. The fraction of sp³-hybridized carbons (Fsp3) is 0.385. The van der Waals surface area contributed by atoms with Gasteiger partial charge in [-0.1, -0.05) is 32.0 Å². The molecule has 0 fully saturated rings. The summed E-state index contributed by atoms with van der Waals surface area (Å²) in [5, 5.41) is 9.80. The zero-order valence-corrected chi connectivity index (χ0v) is 11.7. The molecule has 0 aliphatic rings. The molecule has 1 aromatic heterocycles. The first-order valence-electron chi connectivity index (χ1n) is 6.08. The molecular weight excluding hydrogens is 266 g/mol. The van der Waals surface area contributed by atoms with Gasteiger partial charge < -0.3 is 5.11 Å². The molecule has 1 heterocycles. The first-order valence-corrected chi connectivity index (χ1v) is 7.47. The minimum atomic E-state index is -4.35. The van der Waals surface area contributed by atoms with Crippen molar-refractivity contribution < 1.29 is 18.1 Å². The number of aliphatic hydroxyl groups is 1. The molecule has 0 aliphatic heterocycles. The number of aromatic nitrogens is 1. The molecule has 5 nitrogen and oxygen atoms in total. The SMILES string of the molecule is CC(C)c1cccc2c(CCO)cn(S(=O)(=O)O)c12. The van der Waals surface area contributed by atoms with Gasteiger partial charge >= 0.3 is 10.3 Å². The van der Waals surface area contributed by atoms with Crippen LogP contribution in [0.3, 0.4) is 0 Å². The van der Waals surface area contributed by atoms with E-state index in [1.807, 2.05) is 26.0 Å². The molecule has 2 N–H and O–H groups in total. The summed E-state index contributed by atoms with van der Waals surface area (Å²) < 4.78 is 33.2. The summed E-state index contributed by atoms with van der Waals surface area (Å²) in [4.78, 5) is 0. The van der Waals surface area contributed by atoms with Gasteiger partial charge in [0.1, 0.15) is 0 Å². The van der Waals surface area contributed by atoms with Gasteiger partial charge in [-0.05, 0) is 23.5 Å². The fourth-order valence-electron chi connectivity index (χ4n) is 2.31. The molecule has 0 radical (unpaired) electrons. The number of nitrogens with zero attached hydrogens (tertiary/aromatic N) is 1. The second-order valence-electron chi connectivity index (χ2n) is 4.80. The van der Waals surface area contributed by atoms with Crippen LogP contribution in [-0.2, 0) is 16.7 Å². The number of fused-ring (bicyclic) bond motifs is 1. The van der Waals surface area contributed by atoms with Crippen LogP contribution in [0.5, 0.6) is 0 Å². The lowest BCUT2D eigenvalue weighted by Gasteiger charge is -2.10. The Balaban J connectivity index is 2.88. The maximum atomic E-state index is 11.5. The third kappa shape index (κ3) is 2.51. The highest BCUT2D eigenvalue weighted by molar-refractivity contribution is 7.84. The highest BCUT2D eigenvalue weighted by Crippen LogP contribution is 2.30. The molecule has 2 rings (SSSR count). The highest BCUT2D eigenvalue weighted by Gasteiger charge is 2.19. The molecular formula is C13H17NO4S. The predicted molar refractivity (Wildman–Crippen MR) is 73.8 cm³/mol. The van der Waals surface area contributed by atoms with Gasteiger partial charge in [0.05, 0.1) is 5.52 Å². The van der Waals surface area contributed by atoms with Crippen LogP contribution in [-0.4, -0.2) is 28.7 Å². The molecule has 104 valence electrons. The van der Waals surface area contributed by atoms with Gasteiger partial charge in [0.25, 0.3) is 0 Å². The van der Waals surface area contributed by atoms with Crippen molar-refractivity contribution in [2.24, 2.45) is 0 Å². The van der Waals surface area contributed by atoms with Gasteiger partial charge in [0, 0.05) is 18.2 Å². The third-order valence-corrected chi connectivity index (χ3v) is 3.94. The summed E-state index contributed by atoms with van der Waals surface area (Å²) >= 11 is 0. The Morgan fingerprint density at radius 3 is 2.53 bits per heavy atom. The quantitative estimate of drug-likeness (QED) is 0.841. The van der Waals surface area contributed by atoms with Crippen molar-refractivity contribution in [3.8, 4) is 0 Å². The Bertz CT molecular complexity index is 701. The molecule has 0 saturated heterocycles. The summed E-state index contributed by atoms with van der Waals surface area (Å²) in [5.41, 5.74) is 2.04. The van der Waals surface area contributed by atoms with E-state index in [0.29, 0.717) is 17.5 Å². The first kappa shape index (κ1) is 14.0. The van der Waals surface area contributed by atoms with Gasteiger partial charge in [0.2, 0.25) is 0 Å². The average Bonchev–Trinajstić information content (AvgIpc) is 2.68. The van der Waals surface area contributed by atoms with Crippen LogP contribution in [0, 0.1) is 0 Å². The lowest BCUT2D eigenvalue weighted by atomic mass is 9.99. The molecule has 0 atom stereocenters. The second kappa shape index (κ2) is 4.96. The van der Waals surface area contributed by atoms with E-state index in [1.165, 1.54) is 6.20 Å². The Morgan fingerprint density at radius 1 is 1.32 bits per heavy atom. The predicted octanol–water partition coefficient (Wildman–Crippen LogP) is 1.95. The van der Waals surface area contributed by atoms with E-state index in [-0.39, 0.29) is 12.5 Å². The Kier molecular flexibility index (Phi) is 3.66. The number of benzene rings is 1. The number of hydrogen-bond donors (Lipinski definition) is 2. The maximum absolute atomic E-state index is 11.5. The minimum absolute atomic E-state index is 0.0729. The van der Waals surface area contributed by atoms with E-state index in [1.54, 1.807) is 6.07 Å². The lowest BCUT2D eigenvalue weighted by molar-refractivity contribution is 0.300. The monoisotopic (exact) mass is 283 g/mol. The summed E-state index contributed by atoms with van der Waals surface area (Å²) in [7, 11) is -4.35. The van der Waals surface area contributed by atoms with Crippen molar-refractivity contribution in [3.63, 3.8) is 0 Å². The third-order valence-electron chi connectivity index (χ3n) is 3.16. The van der Waals surface area contributed by atoms with Crippen molar-refractivity contribution in [2.45, 2.75) is 26.2 Å². The zero-order valence-electron chi connectivity index (χ0n) is 10.9. The van der Waals surface area contributed by atoms with Gasteiger partial charge in [-0.3, -0.25) is 4.55 Å². The van der Waals surface area contributed by atoms with Crippen LogP contribution >= 0.6 is 0 Å². The van der Waals surface area contributed by atoms with Crippen LogP contribution < -0.4 is 0 Å². The molecule has 19 heavy (non-hydrogen) atoms. The van der Waals surface area contributed by atoms with Crippen LogP contribution in [0.2, 0.25) is 0 Å². The highest BCUT2D eigenvalue weighted by atomic mass is 32.2. The Hall–Kier alpha value is -1.37. The normalized spacial score (nSPS) is 12.5. The lowest BCUT2D eigenvalue weighted by Crippen LogP contribution is -2.10. The topological polar surface area (TPSA) is 79.5 Å². The molecule has 0 saturated carbocycles. The fourth-order valence-corrected chi connectivity index (χ4v) is 3.00. The van der Waals surface area contributed by atoms with E-state index in [9.17, 15) is 13.0 Å². The van der Waals surface area contributed by atoms with Crippen LogP contribution in [0.4, 0.5) is 0 Å². The Labute approximate surface area is 112 Å². The minimum Gasteiger partial charge on any atom is -0.396 e. The van der Waals surface area contributed by atoms with Crippen LogP contribution in [0.25, 0.3) is 10.9 Å². The molecule has 2 aromatic rings. The van der Waals surface area contributed by atoms with E-state index >= 15 is 0 Å². The molecule has 0 aliphatic carbocycles. The zero-order chi connectivity index (χ0) is 14.2. The molecule has 1 aromatic carbocycles. The molecule has 0 unspecified atom stereocenters. The number of rotatable bonds is 4. The van der Waals surface area contributed by atoms with Gasteiger partial charge in [-0.15, -0.1) is 0 Å². The smallest absolute Gasteiger partial charge is 0.363 e. The first-order chi connectivity index (χ1) is 8.86. The van der Waals surface area contributed by atoms with E-state index in [2.05, 4.69) is 0 Å². The molecule has 0 amide bonds. The largest absolute Gasteiger partial charge is 0.396 e. The van der Waals surface area contributed by atoms with Crippen LogP contribution in [0.15, 0.2) is 24.4 Å². The van der Waals surface area contributed by atoms with Crippen LogP contribution in [0.1, 0.15) is 30.9 Å². The molecule has 6 heteroatoms. The van der Waals surface area contributed by atoms with Crippen molar-refractivity contribution in [1.82, 2.24) is 3.97 Å². The Morgan fingerprint density at radius 2 is 2.00 bits per heavy atom. The van der Waals surface area contributed by atoms with Crippen molar-refractivity contribution in [1.29, 1.82) is 0 Å². The molecule has 0 spiro atoms. The van der Waals surface area contributed by atoms with Gasteiger partial charge in [0.15, 0.2) is 0 Å².